The number of benzene rings is 2. The van der Waals surface area contributed by atoms with Gasteiger partial charge in [0.1, 0.15) is 11.5 Å². The smallest absolute Gasteiger partial charge is 0.308 e. The highest BCUT2D eigenvalue weighted by Crippen LogP contribution is 2.49. The van der Waals surface area contributed by atoms with E-state index in [0.29, 0.717) is 24.8 Å². The Balaban J connectivity index is 1.53. The SMILES string of the molecule is CC(=O)OCCC1C[C@@H]2CCCN2c2cc(OC(C)CCCc3ccccc3)cc(OC(C)=O)c21. The van der Waals surface area contributed by atoms with E-state index in [9.17, 15) is 9.59 Å². The Morgan fingerprint density at radius 3 is 2.66 bits per heavy atom. The number of hydrogen-bond acceptors (Lipinski definition) is 6. The molecule has 2 unspecified atom stereocenters. The highest BCUT2D eigenvalue weighted by Gasteiger charge is 2.38. The summed E-state index contributed by atoms with van der Waals surface area (Å²) in [6.45, 7) is 6.31. The van der Waals surface area contributed by atoms with Crippen molar-refractivity contribution in [1.29, 1.82) is 0 Å². The molecule has 2 aromatic rings. The first-order chi connectivity index (χ1) is 16.9. The van der Waals surface area contributed by atoms with Gasteiger partial charge >= 0.3 is 11.9 Å². The molecule has 0 aromatic heterocycles. The Labute approximate surface area is 208 Å². The van der Waals surface area contributed by atoms with Crippen molar-refractivity contribution in [2.75, 3.05) is 18.1 Å². The minimum atomic E-state index is -0.345. The molecule has 35 heavy (non-hydrogen) atoms. The fourth-order valence-electron chi connectivity index (χ4n) is 5.52. The lowest BCUT2D eigenvalue weighted by Crippen LogP contribution is -2.36. The van der Waals surface area contributed by atoms with Crippen LogP contribution >= 0.6 is 0 Å². The van der Waals surface area contributed by atoms with Crippen LogP contribution in [0.1, 0.15) is 76.3 Å². The van der Waals surface area contributed by atoms with Crippen LogP contribution in [0.4, 0.5) is 5.69 Å². The van der Waals surface area contributed by atoms with Gasteiger partial charge in [-0.1, -0.05) is 30.3 Å². The highest BCUT2D eigenvalue weighted by molar-refractivity contribution is 5.74. The van der Waals surface area contributed by atoms with Gasteiger partial charge < -0.3 is 19.1 Å². The van der Waals surface area contributed by atoms with Gasteiger partial charge in [-0.2, -0.15) is 0 Å². The topological polar surface area (TPSA) is 65.1 Å². The van der Waals surface area contributed by atoms with Crippen molar-refractivity contribution < 1.29 is 23.8 Å². The molecule has 4 rings (SSSR count). The summed E-state index contributed by atoms with van der Waals surface area (Å²) in [5.74, 6) is 0.852. The van der Waals surface area contributed by atoms with Crippen LogP contribution in [0, 0.1) is 0 Å². The second kappa shape index (κ2) is 11.6. The molecule has 0 spiro atoms. The van der Waals surface area contributed by atoms with Crippen LogP contribution in [0.15, 0.2) is 42.5 Å². The fraction of sp³-hybridized carbons (Fsp3) is 0.517. The molecule has 0 radical (unpaired) electrons. The zero-order chi connectivity index (χ0) is 24.8. The van der Waals surface area contributed by atoms with Gasteiger partial charge in [-0.15, -0.1) is 0 Å². The van der Waals surface area contributed by atoms with E-state index in [-0.39, 0.29) is 24.0 Å². The predicted molar refractivity (Wildman–Crippen MR) is 136 cm³/mol. The van der Waals surface area contributed by atoms with Gasteiger partial charge in [-0.3, -0.25) is 9.59 Å². The van der Waals surface area contributed by atoms with Crippen molar-refractivity contribution in [2.45, 2.75) is 83.8 Å². The normalized spacial score (nSPS) is 19.5. The molecular weight excluding hydrogens is 442 g/mol. The fourth-order valence-corrected chi connectivity index (χ4v) is 5.52. The monoisotopic (exact) mass is 479 g/mol. The average molecular weight is 480 g/mol. The summed E-state index contributed by atoms with van der Waals surface area (Å²) in [4.78, 5) is 25.8. The first-order valence-electron chi connectivity index (χ1n) is 12.9. The molecule has 6 heteroatoms. The molecule has 0 N–H and O–H groups in total. The zero-order valence-electron chi connectivity index (χ0n) is 21.1. The lowest BCUT2D eigenvalue weighted by molar-refractivity contribution is -0.141. The van der Waals surface area contributed by atoms with E-state index in [1.54, 1.807) is 0 Å². The number of carbonyl (C=O) groups excluding carboxylic acids is 2. The molecule has 1 fully saturated rings. The molecule has 188 valence electrons. The van der Waals surface area contributed by atoms with Crippen molar-refractivity contribution in [2.24, 2.45) is 0 Å². The number of esters is 2. The first kappa shape index (κ1) is 25.1. The largest absolute Gasteiger partial charge is 0.491 e. The van der Waals surface area contributed by atoms with Crippen LogP contribution in [-0.2, 0) is 20.7 Å². The summed E-state index contributed by atoms with van der Waals surface area (Å²) in [7, 11) is 0. The van der Waals surface area contributed by atoms with E-state index in [1.165, 1.54) is 19.4 Å². The third kappa shape index (κ3) is 6.56. The maximum absolute atomic E-state index is 12.0. The van der Waals surface area contributed by atoms with Gasteiger partial charge in [-0.25, -0.2) is 0 Å². The van der Waals surface area contributed by atoms with Gasteiger partial charge in [0.15, 0.2) is 0 Å². The Morgan fingerprint density at radius 1 is 1.11 bits per heavy atom. The van der Waals surface area contributed by atoms with Gasteiger partial charge in [0.25, 0.3) is 0 Å². The molecule has 3 atom stereocenters. The number of carbonyl (C=O) groups is 2. The molecule has 2 aliphatic heterocycles. The van der Waals surface area contributed by atoms with E-state index in [4.69, 9.17) is 14.2 Å². The minimum absolute atomic E-state index is 0.0414. The van der Waals surface area contributed by atoms with Crippen LogP contribution in [0.3, 0.4) is 0 Å². The maximum atomic E-state index is 12.0. The molecule has 1 saturated heterocycles. The summed E-state index contributed by atoms with van der Waals surface area (Å²) >= 11 is 0. The van der Waals surface area contributed by atoms with Crippen LogP contribution in [0.5, 0.6) is 11.5 Å². The van der Waals surface area contributed by atoms with Gasteiger partial charge in [0.05, 0.1) is 12.7 Å². The van der Waals surface area contributed by atoms with E-state index >= 15 is 0 Å². The lowest BCUT2D eigenvalue weighted by Gasteiger charge is -2.39. The number of aryl methyl sites for hydroxylation is 1. The summed E-state index contributed by atoms with van der Waals surface area (Å²) in [6, 6.07) is 14.9. The standard InChI is InChI=1S/C29H37NO5/c1-20(9-7-12-23-10-5-4-6-11-23)34-26-18-27-29(28(19-26)35-22(3)32)24(14-16-33-21(2)31)17-25-13-8-15-30(25)27/h4-6,10-11,18-20,24-25H,7-9,12-17H2,1-3H3/t20?,24?,25-/m0/s1. The molecule has 0 amide bonds. The highest BCUT2D eigenvalue weighted by atomic mass is 16.5. The molecule has 0 aliphatic carbocycles. The Bertz CT molecular complexity index is 1020. The van der Waals surface area contributed by atoms with Crippen LogP contribution in [0.2, 0.25) is 0 Å². The van der Waals surface area contributed by atoms with Crippen molar-refractivity contribution >= 4 is 17.6 Å². The molecule has 2 aliphatic rings. The average Bonchev–Trinajstić information content (AvgIpc) is 3.28. The van der Waals surface area contributed by atoms with E-state index in [0.717, 1.165) is 62.1 Å². The Kier molecular flexibility index (Phi) is 8.32. The molecule has 6 nitrogen and oxygen atoms in total. The molecular formula is C29H37NO5. The van der Waals surface area contributed by atoms with Crippen molar-refractivity contribution in [3.63, 3.8) is 0 Å². The van der Waals surface area contributed by atoms with Crippen LogP contribution in [0.25, 0.3) is 0 Å². The molecule has 2 heterocycles. The van der Waals surface area contributed by atoms with Crippen molar-refractivity contribution in [3.8, 4) is 11.5 Å². The Morgan fingerprint density at radius 2 is 1.91 bits per heavy atom. The number of fused-ring (bicyclic) bond motifs is 3. The summed E-state index contributed by atoms with van der Waals surface area (Å²) in [5, 5.41) is 0. The summed E-state index contributed by atoms with van der Waals surface area (Å²) in [5.41, 5.74) is 3.47. The molecule has 0 bridgehead atoms. The molecule has 2 aromatic carbocycles. The van der Waals surface area contributed by atoms with Crippen LogP contribution < -0.4 is 14.4 Å². The third-order valence-electron chi connectivity index (χ3n) is 7.03. The van der Waals surface area contributed by atoms with Crippen molar-refractivity contribution in [3.05, 3.63) is 53.6 Å². The number of ether oxygens (including phenoxy) is 3. The first-order valence-corrected chi connectivity index (χ1v) is 12.9. The van der Waals surface area contributed by atoms with Crippen LogP contribution in [-0.4, -0.2) is 37.2 Å². The van der Waals surface area contributed by atoms with E-state index < -0.39 is 0 Å². The minimum Gasteiger partial charge on any atom is -0.491 e. The predicted octanol–water partition coefficient (Wildman–Crippen LogP) is 5.81. The quantitative estimate of drug-likeness (QED) is 0.316. The number of rotatable bonds is 10. The second-order valence-electron chi connectivity index (χ2n) is 9.80. The zero-order valence-corrected chi connectivity index (χ0v) is 21.1. The van der Waals surface area contributed by atoms with E-state index in [2.05, 4.69) is 42.2 Å². The van der Waals surface area contributed by atoms with Gasteiger partial charge in [0, 0.05) is 49.8 Å². The molecule has 0 saturated carbocycles. The third-order valence-corrected chi connectivity index (χ3v) is 7.03. The number of nitrogens with zero attached hydrogens (tertiary/aromatic N) is 1. The number of hydrogen-bond donors (Lipinski definition) is 0. The van der Waals surface area contributed by atoms with E-state index in [1.807, 2.05) is 12.1 Å². The Hall–Kier alpha value is -3.02. The maximum Gasteiger partial charge on any atom is 0.308 e. The number of anilines is 1. The summed E-state index contributed by atoms with van der Waals surface area (Å²) < 4.78 is 17.3. The van der Waals surface area contributed by atoms with Crippen molar-refractivity contribution in [1.82, 2.24) is 0 Å². The summed E-state index contributed by atoms with van der Waals surface area (Å²) in [6.07, 6.45) is 7.01. The lowest BCUT2D eigenvalue weighted by atomic mass is 9.83. The van der Waals surface area contributed by atoms with Gasteiger partial charge in [0.2, 0.25) is 0 Å². The second-order valence-corrected chi connectivity index (χ2v) is 9.80. The van der Waals surface area contributed by atoms with Gasteiger partial charge in [-0.05, 0) is 63.4 Å².